The van der Waals surface area contributed by atoms with E-state index in [4.69, 9.17) is 0 Å². The molecule has 1 fully saturated rings. The van der Waals surface area contributed by atoms with Crippen LogP contribution in [-0.2, 0) is 0 Å². The Labute approximate surface area is 122 Å². The van der Waals surface area contributed by atoms with Crippen LogP contribution in [0.4, 0.5) is 4.79 Å². The Kier molecular flexibility index (Phi) is 5.02. The Morgan fingerprint density at radius 2 is 2.16 bits per heavy atom. The molecule has 1 saturated heterocycles. The van der Waals surface area contributed by atoms with Gasteiger partial charge < -0.3 is 10.2 Å². The number of carbonyl (C=O) groups excluding carboxylic acids is 1. The Hall–Kier alpha value is -1.29. The molecule has 0 radical (unpaired) electrons. The molecular weight excluding hydrogens is 304 g/mol. The van der Waals surface area contributed by atoms with Crippen molar-refractivity contribution in [3.8, 4) is 0 Å². The quantitative estimate of drug-likeness (QED) is 0.881. The third-order valence-electron chi connectivity index (χ3n) is 3.40. The van der Waals surface area contributed by atoms with Crippen molar-refractivity contribution < 1.29 is 4.79 Å². The second-order valence-corrected chi connectivity index (χ2v) is 5.92. The number of hydrogen-bond donors (Lipinski definition) is 1. The number of piperidine rings is 1. The van der Waals surface area contributed by atoms with Gasteiger partial charge in [-0.2, -0.15) is 0 Å². The van der Waals surface area contributed by atoms with E-state index in [0.717, 1.165) is 41.9 Å². The number of likely N-dealkylation sites (tertiary alicyclic amines) is 1. The molecule has 1 aliphatic rings. The van der Waals surface area contributed by atoms with Gasteiger partial charge in [-0.1, -0.05) is 35.0 Å². The van der Waals surface area contributed by atoms with Gasteiger partial charge in [-0.05, 0) is 42.5 Å². The first-order valence-electron chi connectivity index (χ1n) is 6.63. The van der Waals surface area contributed by atoms with Crippen LogP contribution >= 0.6 is 15.9 Å². The summed E-state index contributed by atoms with van der Waals surface area (Å²) >= 11 is 3.42. The van der Waals surface area contributed by atoms with Gasteiger partial charge in [0.1, 0.15) is 0 Å². The highest BCUT2D eigenvalue weighted by Crippen LogP contribution is 2.16. The summed E-state index contributed by atoms with van der Waals surface area (Å²) in [6.45, 7) is 3.96. The molecule has 1 aliphatic heterocycles. The van der Waals surface area contributed by atoms with Crippen LogP contribution in [0.1, 0.15) is 25.3 Å². The molecule has 0 spiro atoms. The van der Waals surface area contributed by atoms with Crippen molar-refractivity contribution in [1.29, 1.82) is 0 Å². The van der Waals surface area contributed by atoms with Gasteiger partial charge in [0.05, 0.1) is 0 Å². The Morgan fingerprint density at radius 1 is 1.42 bits per heavy atom. The van der Waals surface area contributed by atoms with Crippen LogP contribution in [0.5, 0.6) is 0 Å². The zero-order valence-corrected chi connectivity index (χ0v) is 12.7. The largest absolute Gasteiger partial charge is 0.325 e. The van der Waals surface area contributed by atoms with Crippen molar-refractivity contribution in [2.24, 2.45) is 5.92 Å². The smallest absolute Gasteiger partial charge is 0.321 e. The fraction of sp³-hybridized carbons (Fsp3) is 0.400. The van der Waals surface area contributed by atoms with Gasteiger partial charge in [-0.25, -0.2) is 4.79 Å². The number of hydrogen-bond acceptors (Lipinski definition) is 1. The second-order valence-electron chi connectivity index (χ2n) is 5.01. The molecule has 0 bridgehead atoms. The molecule has 0 aliphatic carbocycles. The third kappa shape index (κ3) is 4.39. The van der Waals surface area contributed by atoms with Gasteiger partial charge in [-0.3, -0.25) is 0 Å². The summed E-state index contributed by atoms with van der Waals surface area (Å²) in [7, 11) is 0. The highest BCUT2D eigenvalue weighted by Gasteiger charge is 2.19. The summed E-state index contributed by atoms with van der Waals surface area (Å²) in [5.41, 5.74) is 1.06. The summed E-state index contributed by atoms with van der Waals surface area (Å²) in [6, 6.07) is 7.95. The lowest BCUT2D eigenvalue weighted by atomic mass is 10.00. The molecule has 0 unspecified atom stereocenters. The normalized spacial score (nSPS) is 16.8. The molecule has 4 heteroatoms. The Morgan fingerprint density at radius 3 is 2.84 bits per heavy atom. The van der Waals surface area contributed by atoms with Crippen LogP contribution in [0, 0.1) is 5.92 Å². The molecule has 102 valence electrons. The lowest BCUT2D eigenvalue weighted by Crippen LogP contribution is -2.42. The van der Waals surface area contributed by atoms with Crippen molar-refractivity contribution in [2.45, 2.75) is 19.8 Å². The summed E-state index contributed by atoms with van der Waals surface area (Å²) in [5.74, 6) is 0.737. The standard InChI is InChI=1S/C15H19BrN2O/c1-12-6-9-18(10-7-12)15(19)17-8-5-13-3-2-4-14(16)11-13/h2-5,8,11-12H,6-7,9-10H2,1H3,(H,17,19)/b8-5+. The highest BCUT2D eigenvalue weighted by molar-refractivity contribution is 9.10. The molecule has 0 aromatic heterocycles. The molecule has 0 saturated carbocycles. The fourth-order valence-corrected chi connectivity index (χ4v) is 2.54. The molecule has 1 aromatic rings. The molecule has 19 heavy (non-hydrogen) atoms. The van der Waals surface area contributed by atoms with E-state index in [1.54, 1.807) is 6.20 Å². The summed E-state index contributed by atoms with van der Waals surface area (Å²) in [6.07, 6.45) is 5.81. The van der Waals surface area contributed by atoms with Crippen LogP contribution < -0.4 is 5.32 Å². The zero-order chi connectivity index (χ0) is 13.7. The molecule has 3 nitrogen and oxygen atoms in total. The van der Waals surface area contributed by atoms with Crippen molar-refractivity contribution in [3.05, 3.63) is 40.5 Å². The van der Waals surface area contributed by atoms with Crippen LogP contribution in [0.3, 0.4) is 0 Å². The summed E-state index contributed by atoms with van der Waals surface area (Å²) in [5, 5.41) is 2.83. The number of halogens is 1. The maximum absolute atomic E-state index is 11.9. The van der Waals surface area contributed by atoms with E-state index in [1.807, 2.05) is 35.2 Å². The average molecular weight is 323 g/mol. The maximum atomic E-state index is 11.9. The van der Waals surface area contributed by atoms with Gasteiger partial charge in [0.15, 0.2) is 0 Å². The minimum absolute atomic E-state index is 0.00172. The van der Waals surface area contributed by atoms with E-state index in [0.29, 0.717) is 0 Å². The predicted molar refractivity (Wildman–Crippen MR) is 81.7 cm³/mol. The topological polar surface area (TPSA) is 32.3 Å². The van der Waals surface area contributed by atoms with E-state index in [1.165, 1.54) is 0 Å². The van der Waals surface area contributed by atoms with E-state index in [9.17, 15) is 4.79 Å². The number of nitrogens with zero attached hydrogens (tertiary/aromatic N) is 1. The lowest BCUT2D eigenvalue weighted by molar-refractivity contribution is 0.177. The van der Waals surface area contributed by atoms with E-state index in [-0.39, 0.29) is 6.03 Å². The maximum Gasteiger partial charge on any atom is 0.321 e. The minimum Gasteiger partial charge on any atom is -0.325 e. The van der Waals surface area contributed by atoms with Gasteiger partial charge in [-0.15, -0.1) is 0 Å². The summed E-state index contributed by atoms with van der Waals surface area (Å²) in [4.78, 5) is 13.8. The highest BCUT2D eigenvalue weighted by atomic mass is 79.9. The average Bonchev–Trinajstić information content (AvgIpc) is 2.39. The second kappa shape index (κ2) is 6.75. The first-order chi connectivity index (χ1) is 9.15. The molecule has 2 rings (SSSR count). The molecule has 1 heterocycles. The van der Waals surface area contributed by atoms with E-state index in [2.05, 4.69) is 28.2 Å². The van der Waals surface area contributed by atoms with Crippen LogP contribution in [0.25, 0.3) is 6.08 Å². The Balaban J connectivity index is 1.83. The first-order valence-corrected chi connectivity index (χ1v) is 7.42. The van der Waals surface area contributed by atoms with Gasteiger partial charge >= 0.3 is 6.03 Å². The van der Waals surface area contributed by atoms with E-state index < -0.39 is 0 Å². The third-order valence-corrected chi connectivity index (χ3v) is 3.90. The number of amides is 2. The van der Waals surface area contributed by atoms with Gasteiger partial charge in [0.25, 0.3) is 0 Å². The van der Waals surface area contributed by atoms with E-state index >= 15 is 0 Å². The number of benzene rings is 1. The molecule has 2 amide bonds. The molecule has 1 N–H and O–H groups in total. The van der Waals surface area contributed by atoms with Crippen molar-refractivity contribution in [2.75, 3.05) is 13.1 Å². The van der Waals surface area contributed by atoms with Crippen LogP contribution in [0.15, 0.2) is 34.9 Å². The fourth-order valence-electron chi connectivity index (χ4n) is 2.12. The number of rotatable bonds is 2. The minimum atomic E-state index is -0.00172. The first kappa shape index (κ1) is 14.1. The van der Waals surface area contributed by atoms with Crippen molar-refractivity contribution in [1.82, 2.24) is 10.2 Å². The van der Waals surface area contributed by atoms with Gasteiger partial charge in [0.2, 0.25) is 0 Å². The number of carbonyl (C=O) groups is 1. The van der Waals surface area contributed by atoms with Crippen molar-refractivity contribution in [3.63, 3.8) is 0 Å². The predicted octanol–water partition coefficient (Wildman–Crippen LogP) is 3.86. The van der Waals surface area contributed by atoms with Crippen LogP contribution in [0.2, 0.25) is 0 Å². The molecule has 0 atom stereocenters. The number of urea groups is 1. The van der Waals surface area contributed by atoms with Gasteiger partial charge in [0, 0.05) is 23.8 Å². The molecular formula is C15H19BrN2O. The molecule has 1 aromatic carbocycles. The zero-order valence-electron chi connectivity index (χ0n) is 11.1. The SMILES string of the molecule is CC1CCN(C(=O)N/C=C/c2cccc(Br)c2)CC1. The lowest BCUT2D eigenvalue weighted by Gasteiger charge is -2.29. The Bertz CT molecular complexity index is 465. The summed E-state index contributed by atoms with van der Waals surface area (Å²) < 4.78 is 1.03. The van der Waals surface area contributed by atoms with Crippen molar-refractivity contribution >= 4 is 28.0 Å². The van der Waals surface area contributed by atoms with Crippen LogP contribution in [-0.4, -0.2) is 24.0 Å². The monoisotopic (exact) mass is 322 g/mol. The number of nitrogens with one attached hydrogen (secondary N) is 1.